The molecule has 0 saturated carbocycles. The van der Waals surface area contributed by atoms with Gasteiger partial charge >= 0.3 is 0 Å². The van der Waals surface area contributed by atoms with Crippen molar-refractivity contribution in [3.63, 3.8) is 0 Å². The molecule has 0 fully saturated rings. The second kappa shape index (κ2) is 11.7. The summed E-state index contributed by atoms with van der Waals surface area (Å²) in [7, 11) is 0. The van der Waals surface area contributed by atoms with Gasteiger partial charge in [0.25, 0.3) is 5.91 Å². The van der Waals surface area contributed by atoms with Crippen molar-refractivity contribution in [2.45, 2.75) is 33.4 Å². The second-order valence-corrected chi connectivity index (χ2v) is 9.70. The monoisotopic (exact) mass is 515 g/mol. The molecule has 4 aromatic rings. The topological polar surface area (TPSA) is 91.7 Å². The number of carbonyl (C=O) groups excluding carboxylic acids is 3. The number of benzene rings is 2. The van der Waals surface area contributed by atoms with Crippen LogP contribution in [0.1, 0.15) is 43.7 Å². The molecule has 2 heterocycles. The van der Waals surface area contributed by atoms with Gasteiger partial charge in [0, 0.05) is 5.69 Å². The molecule has 37 heavy (non-hydrogen) atoms. The van der Waals surface area contributed by atoms with E-state index in [-0.39, 0.29) is 24.9 Å². The second-order valence-electron chi connectivity index (χ2n) is 8.75. The lowest BCUT2D eigenvalue weighted by Crippen LogP contribution is -2.47. The zero-order valence-electron chi connectivity index (χ0n) is 21.0. The molecular weight excluding hydrogens is 486 g/mol. The maximum atomic E-state index is 13.8. The van der Waals surface area contributed by atoms with Gasteiger partial charge in [-0.25, -0.2) is 0 Å². The van der Waals surface area contributed by atoms with Crippen LogP contribution >= 0.6 is 11.3 Å². The fourth-order valence-electron chi connectivity index (χ4n) is 4.00. The molecule has 4 rings (SSSR count). The molecule has 0 bridgehead atoms. The number of carbonyl (C=O) groups is 3. The van der Waals surface area contributed by atoms with Crippen molar-refractivity contribution < 1.29 is 18.8 Å². The summed E-state index contributed by atoms with van der Waals surface area (Å²) in [6.45, 7) is 5.75. The fraction of sp³-hybridized carbons (Fsp3) is 0.207. The normalized spacial score (nSPS) is 11.5. The molecule has 0 radical (unpaired) electrons. The van der Waals surface area contributed by atoms with E-state index < -0.39 is 11.9 Å². The molecule has 8 heteroatoms. The van der Waals surface area contributed by atoms with Gasteiger partial charge < -0.3 is 15.1 Å². The molecule has 2 aromatic heterocycles. The molecule has 2 aromatic carbocycles. The molecule has 0 saturated heterocycles. The summed E-state index contributed by atoms with van der Waals surface area (Å²) in [5.74, 6) is -0.501. The van der Waals surface area contributed by atoms with Crippen LogP contribution in [-0.2, 0) is 16.1 Å². The SMILES string of the molecule is Cc1ccc([C@H](C(=O)NCc2ccco2)N(C(=O)CNC(=O)c2cccs2)c2cccc(C)c2C)cc1. The Bertz CT molecular complexity index is 1360. The molecule has 0 aliphatic heterocycles. The maximum absolute atomic E-state index is 13.8. The first-order chi connectivity index (χ1) is 17.8. The van der Waals surface area contributed by atoms with E-state index in [0.29, 0.717) is 21.9 Å². The molecular formula is C29H29N3O4S. The van der Waals surface area contributed by atoms with E-state index in [1.54, 1.807) is 35.9 Å². The predicted molar refractivity (Wildman–Crippen MR) is 145 cm³/mol. The molecule has 0 aliphatic carbocycles. The zero-order valence-corrected chi connectivity index (χ0v) is 21.8. The predicted octanol–water partition coefficient (Wildman–Crippen LogP) is 5.09. The van der Waals surface area contributed by atoms with Gasteiger partial charge in [-0.1, -0.05) is 48.0 Å². The summed E-state index contributed by atoms with van der Waals surface area (Å²) in [6.07, 6.45) is 1.54. The molecule has 2 N–H and O–H groups in total. The fourth-order valence-corrected chi connectivity index (χ4v) is 4.64. The van der Waals surface area contributed by atoms with E-state index in [1.807, 2.05) is 63.2 Å². The van der Waals surface area contributed by atoms with Gasteiger partial charge in [-0.05, 0) is 67.1 Å². The first-order valence-corrected chi connectivity index (χ1v) is 12.8. The van der Waals surface area contributed by atoms with E-state index in [0.717, 1.165) is 16.7 Å². The molecule has 0 spiro atoms. The van der Waals surface area contributed by atoms with Crippen molar-refractivity contribution >= 4 is 34.7 Å². The van der Waals surface area contributed by atoms with Gasteiger partial charge in [0.1, 0.15) is 11.8 Å². The van der Waals surface area contributed by atoms with Gasteiger partial charge in [0.15, 0.2) is 0 Å². The summed E-state index contributed by atoms with van der Waals surface area (Å²) >= 11 is 1.30. The maximum Gasteiger partial charge on any atom is 0.261 e. The number of thiophene rings is 1. The number of hydrogen-bond donors (Lipinski definition) is 2. The van der Waals surface area contributed by atoms with Gasteiger partial charge in [-0.15, -0.1) is 11.3 Å². The summed E-state index contributed by atoms with van der Waals surface area (Å²) in [4.78, 5) is 42.1. The average Bonchev–Trinajstić information content (AvgIpc) is 3.62. The van der Waals surface area contributed by atoms with Crippen LogP contribution in [0.15, 0.2) is 82.8 Å². The van der Waals surface area contributed by atoms with E-state index in [9.17, 15) is 14.4 Å². The summed E-state index contributed by atoms with van der Waals surface area (Å²) in [5.41, 5.74) is 4.15. The van der Waals surface area contributed by atoms with Crippen LogP contribution < -0.4 is 15.5 Å². The molecule has 0 aliphatic rings. The van der Waals surface area contributed by atoms with Crippen LogP contribution in [0.3, 0.4) is 0 Å². The lowest BCUT2D eigenvalue weighted by molar-refractivity contribution is -0.126. The first kappa shape index (κ1) is 25.9. The number of nitrogens with zero attached hydrogens (tertiary/aromatic N) is 1. The number of rotatable bonds is 9. The lowest BCUT2D eigenvalue weighted by atomic mass is 9.99. The number of amides is 3. The van der Waals surface area contributed by atoms with Crippen LogP contribution in [0.4, 0.5) is 5.69 Å². The average molecular weight is 516 g/mol. The Morgan fingerprint density at radius 2 is 1.70 bits per heavy atom. The quantitative estimate of drug-likeness (QED) is 0.325. The highest BCUT2D eigenvalue weighted by molar-refractivity contribution is 7.12. The minimum absolute atomic E-state index is 0.179. The van der Waals surface area contributed by atoms with Crippen LogP contribution in [0.5, 0.6) is 0 Å². The van der Waals surface area contributed by atoms with Gasteiger partial charge in [-0.2, -0.15) is 0 Å². The summed E-state index contributed by atoms with van der Waals surface area (Å²) in [5, 5.41) is 7.43. The van der Waals surface area contributed by atoms with Gasteiger partial charge in [-0.3, -0.25) is 19.3 Å². The van der Waals surface area contributed by atoms with Crippen molar-refractivity contribution in [2.75, 3.05) is 11.4 Å². The van der Waals surface area contributed by atoms with Crippen LogP contribution in [0.25, 0.3) is 0 Å². The van der Waals surface area contributed by atoms with E-state index in [2.05, 4.69) is 10.6 Å². The van der Waals surface area contributed by atoms with Crippen molar-refractivity contribution in [2.24, 2.45) is 0 Å². The van der Waals surface area contributed by atoms with Crippen molar-refractivity contribution in [1.29, 1.82) is 0 Å². The van der Waals surface area contributed by atoms with Crippen molar-refractivity contribution in [1.82, 2.24) is 10.6 Å². The first-order valence-electron chi connectivity index (χ1n) is 11.9. The van der Waals surface area contributed by atoms with Crippen LogP contribution in [0, 0.1) is 20.8 Å². The van der Waals surface area contributed by atoms with Crippen molar-refractivity contribution in [3.05, 3.63) is 111 Å². The summed E-state index contributed by atoms with van der Waals surface area (Å²) in [6, 6.07) is 19.2. The number of nitrogens with one attached hydrogen (secondary N) is 2. The Balaban J connectivity index is 1.72. The third-order valence-electron chi connectivity index (χ3n) is 6.17. The molecule has 1 atom stereocenters. The highest BCUT2D eigenvalue weighted by atomic mass is 32.1. The van der Waals surface area contributed by atoms with Gasteiger partial charge in [0.2, 0.25) is 11.8 Å². The minimum atomic E-state index is -0.970. The van der Waals surface area contributed by atoms with Crippen molar-refractivity contribution in [3.8, 4) is 0 Å². The largest absolute Gasteiger partial charge is 0.467 e. The third-order valence-corrected chi connectivity index (χ3v) is 7.03. The highest BCUT2D eigenvalue weighted by Crippen LogP contribution is 2.32. The Morgan fingerprint density at radius 1 is 0.919 bits per heavy atom. The Hall–Kier alpha value is -4.17. The third kappa shape index (κ3) is 6.16. The number of anilines is 1. The van der Waals surface area contributed by atoms with Gasteiger partial charge in [0.05, 0.1) is 24.2 Å². The lowest BCUT2D eigenvalue weighted by Gasteiger charge is -2.33. The zero-order chi connectivity index (χ0) is 26.4. The minimum Gasteiger partial charge on any atom is -0.467 e. The molecule has 190 valence electrons. The number of aryl methyl sites for hydroxylation is 2. The Morgan fingerprint density at radius 3 is 2.38 bits per heavy atom. The smallest absolute Gasteiger partial charge is 0.261 e. The number of hydrogen-bond acceptors (Lipinski definition) is 5. The summed E-state index contributed by atoms with van der Waals surface area (Å²) < 4.78 is 5.37. The van der Waals surface area contributed by atoms with Crippen LogP contribution in [-0.4, -0.2) is 24.3 Å². The van der Waals surface area contributed by atoms with E-state index in [4.69, 9.17) is 4.42 Å². The van der Waals surface area contributed by atoms with E-state index >= 15 is 0 Å². The van der Waals surface area contributed by atoms with E-state index in [1.165, 1.54) is 16.2 Å². The molecule has 3 amide bonds. The molecule has 0 unspecified atom stereocenters. The van der Waals surface area contributed by atoms with Crippen LogP contribution in [0.2, 0.25) is 0 Å². The Labute approximate surface area is 220 Å². The Kier molecular flexibility index (Phi) is 8.20. The highest BCUT2D eigenvalue weighted by Gasteiger charge is 2.34. The number of furan rings is 1. The standard InChI is InChI=1S/C29H29N3O4S/c1-19-11-13-22(14-12-19)27(29(35)30-17-23-8-5-15-36-23)32(24-9-4-7-20(2)21(24)3)26(33)18-31-28(34)25-10-6-16-37-25/h4-16,27H,17-18H2,1-3H3,(H,30,35)(H,31,34)/t27-/m1/s1. The molecule has 7 nitrogen and oxygen atoms in total.